The Morgan fingerprint density at radius 3 is 2.35 bits per heavy atom. The molecule has 0 amide bonds. The van der Waals surface area contributed by atoms with Crippen LogP contribution < -0.4 is 9.47 Å². The molecule has 0 fully saturated rings. The monoisotopic (exact) mass is 277 g/mol. The van der Waals surface area contributed by atoms with Crippen LogP contribution in [0.1, 0.15) is 32.3 Å². The van der Waals surface area contributed by atoms with E-state index in [4.69, 9.17) is 14.6 Å². The Labute approximate surface area is 120 Å². The standard InChI is InChI=1S/C16H23NO3/c1-12(2)16(11-17,8-5-9-18)13-6-7-14(19-3)15(10-13)20-4/h6-7,10,12,18H,5,8-9H2,1-4H3. The molecule has 0 saturated carbocycles. The quantitative estimate of drug-likeness (QED) is 0.832. The fraction of sp³-hybridized carbons (Fsp3) is 0.562. The Morgan fingerprint density at radius 2 is 1.90 bits per heavy atom. The number of aliphatic hydroxyl groups excluding tert-OH is 1. The van der Waals surface area contributed by atoms with Crippen molar-refractivity contribution in [3.8, 4) is 17.6 Å². The molecule has 1 unspecified atom stereocenters. The van der Waals surface area contributed by atoms with Gasteiger partial charge in [-0.25, -0.2) is 0 Å². The highest BCUT2D eigenvalue weighted by molar-refractivity contribution is 5.47. The summed E-state index contributed by atoms with van der Waals surface area (Å²) in [6, 6.07) is 8.03. The molecule has 1 aromatic rings. The SMILES string of the molecule is COc1ccc(C(C#N)(CCCO)C(C)C)cc1OC. The molecular formula is C16H23NO3. The summed E-state index contributed by atoms with van der Waals surface area (Å²) < 4.78 is 10.5. The van der Waals surface area contributed by atoms with E-state index in [0.717, 1.165) is 5.56 Å². The molecule has 0 aromatic heterocycles. The number of methoxy groups -OCH3 is 2. The molecule has 4 heteroatoms. The lowest BCUT2D eigenvalue weighted by atomic mass is 9.70. The summed E-state index contributed by atoms with van der Waals surface area (Å²) in [5.74, 6) is 1.40. The maximum atomic E-state index is 9.71. The summed E-state index contributed by atoms with van der Waals surface area (Å²) in [5.41, 5.74) is 0.281. The van der Waals surface area contributed by atoms with Gasteiger partial charge in [0, 0.05) is 6.61 Å². The summed E-state index contributed by atoms with van der Waals surface area (Å²) in [6.07, 6.45) is 1.22. The summed E-state index contributed by atoms with van der Waals surface area (Å²) in [5, 5.41) is 18.8. The summed E-state index contributed by atoms with van der Waals surface area (Å²) in [4.78, 5) is 0. The van der Waals surface area contributed by atoms with Crippen molar-refractivity contribution >= 4 is 0 Å². The summed E-state index contributed by atoms with van der Waals surface area (Å²) in [6.45, 7) is 4.14. The van der Waals surface area contributed by atoms with Crippen molar-refractivity contribution in [3.05, 3.63) is 23.8 Å². The Morgan fingerprint density at radius 1 is 1.25 bits per heavy atom. The smallest absolute Gasteiger partial charge is 0.161 e. The molecule has 1 aromatic carbocycles. The van der Waals surface area contributed by atoms with Gasteiger partial charge < -0.3 is 14.6 Å². The summed E-state index contributed by atoms with van der Waals surface area (Å²) >= 11 is 0. The maximum absolute atomic E-state index is 9.71. The minimum atomic E-state index is -0.623. The highest BCUT2D eigenvalue weighted by Crippen LogP contribution is 2.40. The van der Waals surface area contributed by atoms with Crippen molar-refractivity contribution in [1.29, 1.82) is 5.26 Å². The average molecular weight is 277 g/mol. The van der Waals surface area contributed by atoms with Gasteiger partial charge in [-0.2, -0.15) is 5.26 Å². The van der Waals surface area contributed by atoms with E-state index in [2.05, 4.69) is 6.07 Å². The molecule has 1 rings (SSSR count). The molecule has 20 heavy (non-hydrogen) atoms. The van der Waals surface area contributed by atoms with Crippen LogP contribution in [0.25, 0.3) is 0 Å². The molecule has 1 N–H and O–H groups in total. The van der Waals surface area contributed by atoms with Gasteiger partial charge in [-0.1, -0.05) is 19.9 Å². The molecular weight excluding hydrogens is 254 g/mol. The number of hydrogen-bond donors (Lipinski definition) is 1. The number of nitrogens with zero attached hydrogens (tertiary/aromatic N) is 1. The molecule has 4 nitrogen and oxygen atoms in total. The predicted octanol–water partition coefficient (Wildman–Crippen LogP) is 2.89. The minimum Gasteiger partial charge on any atom is -0.493 e. The third-order valence-corrected chi connectivity index (χ3v) is 3.81. The third-order valence-electron chi connectivity index (χ3n) is 3.81. The van der Waals surface area contributed by atoms with E-state index in [1.807, 2.05) is 32.0 Å². The fourth-order valence-electron chi connectivity index (χ4n) is 2.49. The van der Waals surface area contributed by atoms with Crippen LogP contribution in [0, 0.1) is 17.2 Å². The van der Waals surface area contributed by atoms with E-state index in [1.165, 1.54) is 0 Å². The van der Waals surface area contributed by atoms with Crippen LogP contribution in [0.3, 0.4) is 0 Å². The van der Waals surface area contributed by atoms with Crippen LogP contribution in [0.15, 0.2) is 18.2 Å². The average Bonchev–Trinajstić information content (AvgIpc) is 2.47. The first-order chi connectivity index (χ1) is 9.55. The Hall–Kier alpha value is -1.73. The van der Waals surface area contributed by atoms with Crippen LogP contribution in [-0.4, -0.2) is 25.9 Å². The topological polar surface area (TPSA) is 62.5 Å². The van der Waals surface area contributed by atoms with Gasteiger partial charge in [0.2, 0.25) is 0 Å². The van der Waals surface area contributed by atoms with E-state index >= 15 is 0 Å². The van der Waals surface area contributed by atoms with Crippen molar-refractivity contribution in [2.45, 2.75) is 32.1 Å². The Balaban J connectivity index is 3.31. The van der Waals surface area contributed by atoms with Crippen molar-refractivity contribution in [1.82, 2.24) is 0 Å². The van der Waals surface area contributed by atoms with Crippen LogP contribution >= 0.6 is 0 Å². The van der Waals surface area contributed by atoms with Gasteiger partial charge in [-0.15, -0.1) is 0 Å². The van der Waals surface area contributed by atoms with Crippen LogP contribution in [0.5, 0.6) is 11.5 Å². The van der Waals surface area contributed by atoms with Gasteiger partial charge in [0.25, 0.3) is 0 Å². The van der Waals surface area contributed by atoms with E-state index < -0.39 is 5.41 Å². The third kappa shape index (κ3) is 3.05. The molecule has 1 atom stereocenters. The second-order valence-corrected chi connectivity index (χ2v) is 5.13. The van der Waals surface area contributed by atoms with Crippen molar-refractivity contribution < 1.29 is 14.6 Å². The Bertz CT molecular complexity index is 479. The van der Waals surface area contributed by atoms with Gasteiger partial charge in [-0.3, -0.25) is 0 Å². The molecule has 110 valence electrons. The van der Waals surface area contributed by atoms with E-state index in [0.29, 0.717) is 24.3 Å². The van der Waals surface area contributed by atoms with Gasteiger partial charge in [0.05, 0.1) is 25.7 Å². The first-order valence-corrected chi connectivity index (χ1v) is 6.80. The Kier molecular flexibility index (Phi) is 5.84. The minimum absolute atomic E-state index is 0.0867. The fourth-order valence-corrected chi connectivity index (χ4v) is 2.49. The number of aliphatic hydroxyl groups is 1. The number of hydrogen-bond acceptors (Lipinski definition) is 4. The zero-order valence-electron chi connectivity index (χ0n) is 12.6. The van der Waals surface area contributed by atoms with Gasteiger partial charge in [-0.05, 0) is 36.5 Å². The molecule has 0 saturated heterocycles. The molecule has 0 radical (unpaired) electrons. The van der Waals surface area contributed by atoms with E-state index in [-0.39, 0.29) is 12.5 Å². The van der Waals surface area contributed by atoms with Crippen LogP contribution in [0.2, 0.25) is 0 Å². The molecule has 0 spiro atoms. The predicted molar refractivity (Wildman–Crippen MR) is 78.0 cm³/mol. The lowest BCUT2D eigenvalue weighted by Gasteiger charge is -2.31. The molecule has 0 aliphatic heterocycles. The van der Waals surface area contributed by atoms with Crippen LogP contribution in [0.4, 0.5) is 0 Å². The highest BCUT2D eigenvalue weighted by Gasteiger charge is 2.36. The first kappa shape index (κ1) is 16.3. The lowest BCUT2D eigenvalue weighted by Crippen LogP contribution is -2.31. The molecule has 0 aliphatic carbocycles. The summed E-state index contributed by atoms with van der Waals surface area (Å²) in [7, 11) is 3.17. The normalized spacial score (nSPS) is 13.7. The number of rotatable bonds is 7. The molecule has 0 bridgehead atoms. The van der Waals surface area contributed by atoms with Crippen molar-refractivity contribution in [2.75, 3.05) is 20.8 Å². The highest BCUT2D eigenvalue weighted by atomic mass is 16.5. The number of benzene rings is 1. The van der Waals surface area contributed by atoms with Gasteiger partial charge in [0.15, 0.2) is 11.5 Å². The molecule has 0 heterocycles. The van der Waals surface area contributed by atoms with Crippen molar-refractivity contribution in [3.63, 3.8) is 0 Å². The zero-order valence-corrected chi connectivity index (χ0v) is 12.6. The second-order valence-electron chi connectivity index (χ2n) is 5.13. The van der Waals surface area contributed by atoms with Crippen LogP contribution in [-0.2, 0) is 5.41 Å². The first-order valence-electron chi connectivity index (χ1n) is 6.80. The van der Waals surface area contributed by atoms with E-state index in [1.54, 1.807) is 14.2 Å². The van der Waals surface area contributed by atoms with Gasteiger partial charge in [0.1, 0.15) is 0 Å². The largest absolute Gasteiger partial charge is 0.493 e. The zero-order chi connectivity index (χ0) is 15.2. The second kappa shape index (κ2) is 7.16. The van der Waals surface area contributed by atoms with E-state index in [9.17, 15) is 5.26 Å². The molecule has 0 aliphatic rings. The maximum Gasteiger partial charge on any atom is 0.161 e. The van der Waals surface area contributed by atoms with Crippen molar-refractivity contribution in [2.24, 2.45) is 5.92 Å². The number of nitriles is 1. The van der Waals surface area contributed by atoms with Gasteiger partial charge >= 0.3 is 0 Å². The lowest BCUT2D eigenvalue weighted by molar-refractivity contribution is 0.256. The number of ether oxygens (including phenoxy) is 2.